The molecule has 0 aliphatic heterocycles. The van der Waals surface area contributed by atoms with Crippen molar-refractivity contribution in [3.05, 3.63) is 12.7 Å². The maximum Gasteiger partial charge on any atom is 0.257 e. The van der Waals surface area contributed by atoms with E-state index >= 15 is 0 Å². The van der Waals surface area contributed by atoms with Gasteiger partial charge in [0.15, 0.2) is 0 Å². The van der Waals surface area contributed by atoms with E-state index in [1.807, 2.05) is 20.0 Å². The molecule has 84 valence electrons. The first kappa shape index (κ1) is 13.9. The highest BCUT2D eigenvalue weighted by Gasteiger charge is 2.27. The van der Waals surface area contributed by atoms with Crippen LogP contribution in [0.1, 0.15) is 19.8 Å². The molecular formula is C9H20O3SSi. The van der Waals surface area contributed by atoms with Crippen LogP contribution in [0.4, 0.5) is 0 Å². The van der Waals surface area contributed by atoms with E-state index in [0.29, 0.717) is 12.5 Å². The van der Waals surface area contributed by atoms with Gasteiger partial charge in [0.2, 0.25) is 8.32 Å². The number of hydrogen-bond acceptors (Lipinski definition) is 3. The third-order valence-corrected chi connectivity index (χ3v) is 6.62. The second-order valence-electron chi connectivity index (χ2n) is 3.95. The molecule has 14 heavy (non-hydrogen) atoms. The summed E-state index contributed by atoms with van der Waals surface area (Å²) in [4.78, 5) is 0. The van der Waals surface area contributed by atoms with Gasteiger partial charge >= 0.3 is 0 Å². The lowest BCUT2D eigenvalue weighted by atomic mass is 10.4. The highest BCUT2D eigenvalue weighted by Crippen LogP contribution is 2.15. The van der Waals surface area contributed by atoms with Crippen LogP contribution in [-0.4, -0.2) is 22.5 Å². The summed E-state index contributed by atoms with van der Waals surface area (Å²) in [6, 6.07) is 0.665. The predicted molar refractivity (Wildman–Crippen MR) is 62.3 cm³/mol. The van der Waals surface area contributed by atoms with Gasteiger partial charge in [0.1, 0.15) is 0 Å². The van der Waals surface area contributed by atoms with Crippen LogP contribution in [0.5, 0.6) is 0 Å². The van der Waals surface area contributed by atoms with E-state index in [9.17, 15) is 8.42 Å². The van der Waals surface area contributed by atoms with Crippen molar-refractivity contribution in [3.63, 3.8) is 0 Å². The minimum atomic E-state index is -3.31. The molecule has 0 radical (unpaired) electrons. The Morgan fingerprint density at radius 1 is 1.43 bits per heavy atom. The summed E-state index contributed by atoms with van der Waals surface area (Å²) in [5.74, 6) is 0.136. The fourth-order valence-electron chi connectivity index (χ4n) is 1.09. The van der Waals surface area contributed by atoms with Crippen LogP contribution in [0.2, 0.25) is 19.1 Å². The second kappa shape index (κ2) is 5.68. The van der Waals surface area contributed by atoms with Crippen molar-refractivity contribution in [2.24, 2.45) is 0 Å². The van der Waals surface area contributed by atoms with Crippen molar-refractivity contribution in [1.82, 2.24) is 0 Å². The van der Waals surface area contributed by atoms with E-state index in [-0.39, 0.29) is 5.75 Å². The SMILES string of the molecule is C=CC[Si](C)(C)OS(=O)(=O)CCCC. The van der Waals surface area contributed by atoms with Crippen molar-refractivity contribution < 1.29 is 12.3 Å². The van der Waals surface area contributed by atoms with E-state index < -0.39 is 18.4 Å². The number of hydrogen-bond donors (Lipinski definition) is 0. The number of rotatable bonds is 7. The lowest BCUT2D eigenvalue weighted by Gasteiger charge is -2.20. The van der Waals surface area contributed by atoms with Crippen LogP contribution in [0.15, 0.2) is 12.7 Å². The molecule has 0 aromatic heterocycles. The molecule has 0 saturated carbocycles. The van der Waals surface area contributed by atoms with Crippen LogP contribution < -0.4 is 0 Å². The predicted octanol–water partition coefficient (Wildman–Crippen LogP) is 2.52. The molecule has 0 aliphatic rings. The van der Waals surface area contributed by atoms with Gasteiger partial charge in [0.25, 0.3) is 10.1 Å². The molecule has 0 fully saturated rings. The Bertz CT molecular complexity index is 270. The maximum absolute atomic E-state index is 11.5. The molecule has 0 heterocycles. The van der Waals surface area contributed by atoms with Crippen molar-refractivity contribution in [3.8, 4) is 0 Å². The Balaban J connectivity index is 4.27. The van der Waals surface area contributed by atoms with E-state index in [2.05, 4.69) is 6.58 Å². The molecule has 0 atom stereocenters. The van der Waals surface area contributed by atoms with E-state index in [0.717, 1.165) is 6.42 Å². The van der Waals surface area contributed by atoms with Crippen LogP contribution in [-0.2, 0) is 14.0 Å². The minimum absolute atomic E-state index is 0.136. The van der Waals surface area contributed by atoms with E-state index in [1.54, 1.807) is 6.08 Å². The smallest absolute Gasteiger partial charge is 0.257 e. The van der Waals surface area contributed by atoms with Crippen molar-refractivity contribution >= 4 is 18.4 Å². The van der Waals surface area contributed by atoms with Crippen molar-refractivity contribution in [1.29, 1.82) is 0 Å². The Kier molecular flexibility index (Phi) is 5.62. The normalized spacial score (nSPS) is 12.8. The monoisotopic (exact) mass is 236 g/mol. The zero-order valence-corrected chi connectivity index (χ0v) is 11.1. The second-order valence-corrected chi connectivity index (χ2v) is 10.1. The third-order valence-electron chi connectivity index (χ3n) is 1.74. The van der Waals surface area contributed by atoms with Gasteiger partial charge in [0.05, 0.1) is 5.75 Å². The van der Waals surface area contributed by atoms with Gasteiger partial charge in [-0.05, 0) is 25.6 Å². The Morgan fingerprint density at radius 2 is 2.00 bits per heavy atom. The average Bonchev–Trinajstić information content (AvgIpc) is 1.98. The molecule has 0 rings (SSSR count). The first-order chi connectivity index (χ1) is 6.33. The third kappa shape index (κ3) is 6.34. The fourth-order valence-corrected chi connectivity index (χ4v) is 5.78. The van der Waals surface area contributed by atoms with Crippen molar-refractivity contribution in [2.75, 3.05) is 5.75 Å². The van der Waals surface area contributed by atoms with Gasteiger partial charge in [0, 0.05) is 0 Å². The van der Waals surface area contributed by atoms with Gasteiger partial charge < -0.3 is 3.87 Å². The fraction of sp³-hybridized carbons (Fsp3) is 0.778. The molecule has 5 heteroatoms. The summed E-state index contributed by atoms with van der Waals surface area (Å²) < 4.78 is 28.1. The zero-order valence-electron chi connectivity index (χ0n) is 9.25. The topological polar surface area (TPSA) is 43.4 Å². The number of unbranched alkanes of at least 4 members (excludes halogenated alkanes) is 1. The Hall–Kier alpha value is -0.133. The summed E-state index contributed by atoms with van der Waals surface area (Å²) in [6.07, 6.45) is 3.26. The van der Waals surface area contributed by atoms with Gasteiger partial charge in [-0.3, -0.25) is 0 Å². The van der Waals surface area contributed by atoms with Gasteiger partial charge in [-0.1, -0.05) is 19.4 Å². The molecule has 0 bridgehead atoms. The molecule has 0 aromatic carbocycles. The lowest BCUT2D eigenvalue weighted by Crippen LogP contribution is -2.33. The average molecular weight is 236 g/mol. The molecule has 0 saturated heterocycles. The molecule has 0 unspecified atom stereocenters. The summed E-state index contributed by atoms with van der Waals surface area (Å²) in [7, 11) is -5.40. The highest BCUT2D eigenvalue weighted by atomic mass is 32.2. The van der Waals surface area contributed by atoms with Crippen LogP contribution in [0, 0.1) is 0 Å². The highest BCUT2D eigenvalue weighted by molar-refractivity contribution is 7.87. The van der Waals surface area contributed by atoms with E-state index in [1.165, 1.54) is 0 Å². The van der Waals surface area contributed by atoms with Gasteiger partial charge in [-0.15, -0.1) is 6.58 Å². The zero-order chi connectivity index (χ0) is 11.2. The Labute approximate surface area is 88.4 Å². The summed E-state index contributed by atoms with van der Waals surface area (Å²) in [5.41, 5.74) is 0. The number of allylic oxidation sites excluding steroid dienone is 1. The summed E-state index contributed by atoms with van der Waals surface area (Å²) in [6.45, 7) is 9.33. The van der Waals surface area contributed by atoms with Crippen LogP contribution in [0.3, 0.4) is 0 Å². The summed E-state index contributed by atoms with van der Waals surface area (Å²) in [5, 5.41) is 0. The van der Waals surface area contributed by atoms with Gasteiger partial charge in [-0.25, -0.2) is 8.42 Å². The maximum atomic E-state index is 11.5. The molecule has 0 aromatic rings. The minimum Gasteiger partial charge on any atom is -0.315 e. The summed E-state index contributed by atoms with van der Waals surface area (Å²) >= 11 is 0. The van der Waals surface area contributed by atoms with Crippen LogP contribution >= 0.6 is 0 Å². The van der Waals surface area contributed by atoms with Crippen molar-refractivity contribution in [2.45, 2.75) is 38.9 Å². The molecule has 0 N–H and O–H groups in total. The first-order valence-electron chi connectivity index (χ1n) is 4.87. The molecule has 0 aliphatic carbocycles. The van der Waals surface area contributed by atoms with Crippen LogP contribution in [0.25, 0.3) is 0 Å². The lowest BCUT2D eigenvalue weighted by molar-refractivity contribution is 0.481. The standard InChI is InChI=1S/C9H20O3SSi/c1-5-7-8-13(10,11)12-14(3,4)9-6-2/h6H,2,5,7-9H2,1,3-4H3. The Morgan fingerprint density at radius 3 is 2.43 bits per heavy atom. The largest absolute Gasteiger partial charge is 0.315 e. The molecule has 0 spiro atoms. The van der Waals surface area contributed by atoms with E-state index in [4.69, 9.17) is 3.87 Å². The molecule has 3 nitrogen and oxygen atoms in total. The van der Waals surface area contributed by atoms with Gasteiger partial charge in [-0.2, -0.15) is 0 Å². The first-order valence-corrected chi connectivity index (χ1v) is 9.56. The molecule has 0 amide bonds. The quantitative estimate of drug-likeness (QED) is 0.504. The molecular weight excluding hydrogens is 216 g/mol.